The minimum atomic E-state index is -0.679. The number of hydrogen-bond donors (Lipinski definition) is 1. The molecule has 0 saturated carbocycles. The number of carbonyl (C=O) groups is 1. The van der Waals surface area contributed by atoms with Crippen molar-refractivity contribution in [2.75, 3.05) is 5.32 Å². The maximum Gasteiger partial charge on any atom is 0.408 e. The van der Waals surface area contributed by atoms with Gasteiger partial charge in [-0.2, -0.15) is 4.68 Å². The number of hydrogen-bond acceptors (Lipinski definition) is 5. The third-order valence-corrected chi connectivity index (χ3v) is 5.56. The maximum atomic E-state index is 12.5. The molecule has 0 bridgehead atoms. The van der Waals surface area contributed by atoms with Crippen LogP contribution >= 0.6 is 35.0 Å². The van der Waals surface area contributed by atoms with E-state index >= 15 is 0 Å². The molecule has 0 radical (unpaired) electrons. The fourth-order valence-electron chi connectivity index (χ4n) is 2.39. The summed E-state index contributed by atoms with van der Waals surface area (Å²) in [6, 6.07) is 14.7. The lowest BCUT2D eigenvalue weighted by Gasteiger charge is -2.10. The van der Waals surface area contributed by atoms with Crippen molar-refractivity contribution in [1.82, 2.24) is 9.78 Å². The first-order chi connectivity index (χ1) is 13.3. The standard InChI is InChI=1S/C18H14Cl2N4O3S/c1-11-17(20)18(24(26)27)22-23(11)10-16(25)21-14-4-2-3-5-15(14)28-13-8-6-12(19)7-9-13/h2-9H,10H2,1H3,(H,21,25). The predicted octanol–water partition coefficient (Wildman–Crippen LogP) is 5.20. The molecule has 10 heteroatoms. The number of rotatable bonds is 6. The van der Waals surface area contributed by atoms with Crippen molar-refractivity contribution in [3.05, 3.63) is 74.4 Å². The van der Waals surface area contributed by atoms with Crippen LogP contribution in [-0.2, 0) is 11.3 Å². The molecule has 0 aliphatic heterocycles. The van der Waals surface area contributed by atoms with Crippen LogP contribution in [0.25, 0.3) is 0 Å². The quantitative estimate of drug-likeness (QED) is 0.423. The first-order valence-electron chi connectivity index (χ1n) is 8.04. The van der Waals surface area contributed by atoms with Gasteiger partial charge in [-0.15, -0.1) is 0 Å². The number of nitrogens with one attached hydrogen (secondary N) is 1. The number of nitro groups is 1. The van der Waals surface area contributed by atoms with Crippen LogP contribution in [0.4, 0.5) is 11.5 Å². The molecular weight excluding hydrogens is 423 g/mol. The predicted molar refractivity (Wildman–Crippen MR) is 109 cm³/mol. The highest BCUT2D eigenvalue weighted by Crippen LogP contribution is 2.34. The maximum absolute atomic E-state index is 12.5. The van der Waals surface area contributed by atoms with Gasteiger partial charge in [0.1, 0.15) is 6.54 Å². The number of halogens is 2. The van der Waals surface area contributed by atoms with E-state index in [0.29, 0.717) is 16.4 Å². The number of benzene rings is 2. The van der Waals surface area contributed by atoms with E-state index in [1.54, 1.807) is 25.1 Å². The van der Waals surface area contributed by atoms with E-state index in [2.05, 4.69) is 10.4 Å². The van der Waals surface area contributed by atoms with Crippen LogP contribution in [0.15, 0.2) is 58.3 Å². The van der Waals surface area contributed by atoms with Crippen LogP contribution in [0.5, 0.6) is 0 Å². The zero-order valence-electron chi connectivity index (χ0n) is 14.6. The number of nitrogens with zero attached hydrogens (tertiary/aromatic N) is 3. The lowest BCUT2D eigenvalue weighted by atomic mass is 10.3. The summed E-state index contributed by atoms with van der Waals surface area (Å²) in [6.45, 7) is 1.37. The SMILES string of the molecule is Cc1c(Cl)c([N+](=O)[O-])nn1CC(=O)Nc1ccccc1Sc1ccc(Cl)cc1. The Bertz CT molecular complexity index is 1040. The van der Waals surface area contributed by atoms with E-state index in [1.807, 2.05) is 30.3 Å². The van der Waals surface area contributed by atoms with Crippen LogP contribution in [0, 0.1) is 17.0 Å². The minimum absolute atomic E-state index is 0.0727. The Morgan fingerprint density at radius 3 is 2.54 bits per heavy atom. The Morgan fingerprint density at radius 1 is 1.21 bits per heavy atom. The number of aromatic nitrogens is 2. The average molecular weight is 437 g/mol. The van der Waals surface area contributed by atoms with E-state index < -0.39 is 10.7 Å². The highest BCUT2D eigenvalue weighted by atomic mass is 35.5. The second-order valence-electron chi connectivity index (χ2n) is 5.74. The summed E-state index contributed by atoms with van der Waals surface area (Å²) in [5, 5.41) is 18.1. The molecule has 1 N–H and O–H groups in total. The monoisotopic (exact) mass is 436 g/mol. The topological polar surface area (TPSA) is 90.1 Å². The molecule has 2 aromatic carbocycles. The van der Waals surface area contributed by atoms with E-state index in [-0.39, 0.29) is 17.5 Å². The second kappa shape index (κ2) is 8.64. The molecule has 0 unspecified atom stereocenters. The Labute approximate surface area is 174 Å². The van der Waals surface area contributed by atoms with Crippen molar-refractivity contribution < 1.29 is 9.72 Å². The van der Waals surface area contributed by atoms with Gasteiger partial charge in [0.15, 0.2) is 5.02 Å². The van der Waals surface area contributed by atoms with E-state index in [9.17, 15) is 14.9 Å². The molecule has 7 nitrogen and oxygen atoms in total. The van der Waals surface area contributed by atoms with Crippen LogP contribution in [0.2, 0.25) is 10.0 Å². The summed E-state index contributed by atoms with van der Waals surface area (Å²) in [7, 11) is 0. The second-order valence-corrected chi connectivity index (χ2v) is 7.67. The third kappa shape index (κ3) is 4.64. The molecule has 3 rings (SSSR count). The number of amides is 1. The van der Waals surface area contributed by atoms with Crippen molar-refractivity contribution in [2.24, 2.45) is 0 Å². The lowest BCUT2D eigenvalue weighted by molar-refractivity contribution is -0.389. The van der Waals surface area contributed by atoms with Gasteiger partial charge in [-0.1, -0.05) is 47.1 Å². The van der Waals surface area contributed by atoms with Gasteiger partial charge in [0.25, 0.3) is 0 Å². The zero-order chi connectivity index (χ0) is 20.3. The molecule has 1 aromatic heterocycles. The summed E-state index contributed by atoms with van der Waals surface area (Å²) in [5.74, 6) is -0.841. The van der Waals surface area contributed by atoms with E-state index in [4.69, 9.17) is 23.2 Å². The van der Waals surface area contributed by atoms with Crippen LogP contribution < -0.4 is 5.32 Å². The summed E-state index contributed by atoms with van der Waals surface area (Å²) < 4.78 is 1.21. The Balaban J connectivity index is 1.75. The molecule has 0 fully saturated rings. The van der Waals surface area contributed by atoms with Crippen LogP contribution in [0.3, 0.4) is 0 Å². The Hall–Kier alpha value is -2.55. The fraction of sp³-hybridized carbons (Fsp3) is 0.111. The van der Waals surface area contributed by atoms with Crippen LogP contribution in [0.1, 0.15) is 5.69 Å². The molecule has 0 atom stereocenters. The molecule has 0 spiro atoms. The molecule has 0 aliphatic carbocycles. The van der Waals surface area contributed by atoms with Gasteiger partial charge in [0.05, 0.1) is 16.5 Å². The van der Waals surface area contributed by atoms with Gasteiger partial charge in [-0.25, -0.2) is 0 Å². The lowest BCUT2D eigenvalue weighted by Crippen LogP contribution is -2.20. The van der Waals surface area contributed by atoms with Crippen molar-refractivity contribution in [3.63, 3.8) is 0 Å². The molecule has 144 valence electrons. The summed E-state index contributed by atoms with van der Waals surface area (Å²) in [5.41, 5.74) is 0.977. The third-order valence-electron chi connectivity index (χ3n) is 3.79. The van der Waals surface area contributed by atoms with Gasteiger partial charge >= 0.3 is 5.82 Å². The number of para-hydroxylation sites is 1. The van der Waals surface area contributed by atoms with Crippen molar-refractivity contribution in [2.45, 2.75) is 23.3 Å². The van der Waals surface area contributed by atoms with E-state index in [0.717, 1.165) is 9.79 Å². The van der Waals surface area contributed by atoms with Crippen molar-refractivity contribution in [1.29, 1.82) is 0 Å². The minimum Gasteiger partial charge on any atom is -0.358 e. The van der Waals surface area contributed by atoms with Gasteiger partial charge < -0.3 is 15.4 Å². The molecule has 28 heavy (non-hydrogen) atoms. The summed E-state index contributed by atoms with van der Waals surface area (Å²) >= 11 is 13.3. The molecule has 0 saturated heterocycles. The molecule has 0 aliphatic rings. The molecule has 1 amide bonds. The van der Waals surface area contributed by atoms with Gasteiger partial charge in [-0.3, -0.25) is 4.79 Å². The van der Waals surface area contributed by atoms with Crippen LogP contribution in [-0.4, -0.2) is 20.6 Å². The summed E-state index contributed by atoms with van der Waals surface area (Å²) in [4.78, 5) is 24.5. The molecular formula is C18H14Cl2N4O3S. The fourth-order valence-corrected chi connectivity index (χ4v) is 3.63. The number of anilines is 1. The van der Waals surface area contributed by atoms with Gasteiger partial charge in [0, 0.05) is 14.8 Å². The van der Waals surface area contributed by atoms with Crippen molar-refractivity contribution in [3.8, 4) is 0 Å². The molecule has 3 aromatic rings. The first kappa shape index (κ1) is 20.2. The Kier molecular flexibility index (Phi) is 6.23. The summed E-state index contributed by atoms with van der Waals surface area (Å²) in [6.07, 6.45) is 0. The average Bonchev–Trinajstić information content (AvgIpc) is 2.94. The largest absolute Gasteiger partial charge is 0.408 e. The normalized spacial score (nSPS) is 10.7. The molecule has 1 heterocycles. The van der Waals surface area contributed by atoms with E-state index in [1.165, 1.54) is 16.4 Å². The Morgan fingerprint density at radius 2 is 1.89 bits per heavy atom. The highest BCUT2D eigenvalue weighted by molar-refractivity contribution is 7.99. The number of carbonyl (C=O) groups excluding carboxylic acids is 1. The smallest absolute Gasteiger partial charge is 0.358 e. The van der Waals surface area contributed by atoms with Gasteiger partial charge in [0.2, 0.25) is 5.91 Å². The van der Waals surface area contributed by atoms with Crippen molar-refractivity contribution >= 4 is 52.4 Å². The zero-order valence-corrected chi connectivity index (χ0v) is 16.9. The first-order valence-corrected chi connectivity index (χ1v) is 9.62. The highest BCUT2D eigenvalue weighted by Gasteiger charge is 2.25. The van der Waals surface area contributed by atoms with Gasteiger partial charge in [-0.05, 0) is 48.2 Å².